The van der Waals surface area contributed by atoms with E-state index < -0.39 is 10.0 Å². The number of para-hydroxylation sites is 1. The third kappa shape index (κ3) is 3.50. The molecule has 6 heteroatoms. The average Bonchev–Trinajstić information content (AvgIpc) is 2.93. The Hall–Kier alpha value is -1.11. The second kappa shape index (κ2) is 6.56. The van der Waals surface area contributed by atoms with Crippen molar-refractivity contribution in [1.29, 1.82) is 0 Å². The first kappa shape index (κ1) is 15.3. The Balaban J connectivity index is 2.19. The van der Waals surface area contributed by atoms with Crippen molar-refractivity contribution in [1.82, 2.24) is 4.72 Å². The highest BCUT2D eigenvalue weighted by Gasteiger charge is 2.24. The Kier molecular flexibility index (Phi) is 5.01. The highest BCUT2D eigenvalue weighted by Crippen LogP contribution is 2.24. The fourth-order valence-electron chi connectivity index (χ4n) is 2.42. The minimum atomic E-state index is -3.46. The molecule has 112 valence electrons. The monoisotopic (exact) mass is 298 g/mol. The van der Waals surface area contributed by atoms with Crippen LogP contribution in [-0.4, -0.2) is 33.7 Å². The van der Waals surface area contributed by atoms with Gasteiger partial charge in [0, 0.05) is 19.2 Å². The smallest absolute Gasteiger partial charge is 0.242 e. The van der Waals surface area contributed by atoms with E-state index >= 15 is 0 Å². The van der Waals surface area contributed by atoms with E-state index in [-0.39, 0.29) is 17.0 Å². The number of benzene rings is 1. The Morgan fingerprint density at radius 2 is 2.15 bits per heavy atom. The van der Waals surface area contributed by atoms with Gasteiger partial charge in [-0.25, -0.2) is 13.1 Å². The third-order valence-electron chi connectivity index (χ3n) is 3.42. The molecule has 5 nitrogen and oxygen atoms in total. The van der Waals surface area contributed by atoms with Gasteiger partial charge in [-0.05, 0) is 31.9 Å². The summed E-state index contributed by atoms with van der Waals surface area (Å²) < 4.78 is 32.5. The Bertz CT molecular complexity index is 539. The summed E-state index contributed by atoms with van der Waals surface area (Å²) in [6.07, 6.45) is 2.22. The molecule has 1 aromatic rings. The van der Waals surface area contributed by atoms with Crippen LogP contribution in [0.3, 0.4) is 0 Å². The van der Waals surface area contributed by atoms with Crippen molar-refractivity contribution in [3.05, 3.63) is 24.3 Å². The van der Waals surface area contributed by atoms with Crippen molar-refractivity contribution in [2.75, 3.05) is 18.5 Å². The van der Waals surface area contributed by atoms with Crippen LogP contribution in [0, 0.1) is 0 Å². The van der Waals surface area contributed by atoms with Crippen LogP contribution in [0.25, 0.3) is 0 Å². The van der Waals surface area contributed by atoms with E-state index in [9.17, 15) is 8.42 Å². The fraction of sp³-hybridized carbons (Fsp3) is 0.571. The molecule has 2 rings (SSSR count). The molecule has 0 aliphatic carbocycles. The molecular weight excluding hydrogens is 276 g/mol. The number of hydrogen-bond donors (Lipinski definition) is 2. The van der Waals surface area contributed by atoms with Gasteiger partial charge in [-0.1, -0.05) is 19.1 Å². The number of ether oxygens (including phenoxy) is 1. The zero-order chi connectivity index (χ0) is 14.6. The van der Waals surface area contributed by atoms with E-state index in [0.717, 1.165) is 19.4 Å². The molecule has 1 fully saturated rings. The van der Waals surface area contributed by atoms with Gasteiger partial charge >= 0.3 is 0 Å². The lowest BCUT2D eigenvalue weighted by atomic mass is 10.1. The summed E-state index contributed by atoms with van der Waals surface area (Å²) >= 11 is 0. The summed E-state index contributed by atoms with van der Waals surface area (Å²) in [5.74, 6) is 0. The number of rotatable bonds is 6. The first-order valence-corrected chi connectivity index (χ1v) is 8.49. The lowest BCUT2D eigenvalue weighted by Gasteiger charge is -2.22. The maximum absolute atomic E-state index is 12.2. The molecule has 0 bridgehead atoms. The highest BCUT2D eigenvalue weighted by molar-refractivity contribution is 7.89. The molecule has 1 saturated heterocycles. The molecule has 2 N–H and O–H groups in total. The van der Waals surface area contributed by atoms with E-state index in [1.807, 2.05) is 13.0 Å². The lowest BCUT2D eigenvalue weighted by Crippen LogP contribution is -2.31. The molecular formula is C14H22N2O3S. The van der Waals surface area contributed by atoms with Gasteiger partial charge in [0.05, 0.1) is 11.8 Å². The normalized spacial score (nSPS) is 20.8. The molecule has 1 heterocycles. The van der Waals surface area contributed by atoms with Crippen molar-refractivity contribution in [2.45, 2.75) is 43.7 Å². The maximum atomic E-state index is 12.2. The van der Waals surface area contributed by atoms with Gasteiger partial charge in [0.15, 0.2) is 0 Å². The quantitative estimate of drug-likeness (QED) is 0.842. The topological polar surface area (TPSA) is 67.4 Å². The number of nitrogens with one attached hydrogen (secondary N) is 2. The van der Waals surface area contributed by atoms with Crippen LogP contribution in [0.1, 0.15) is 26.7 Å². The van der Waals surface area contributed by atoms with Crippen LogP contribution >= 0.6 is 0 Å². The molecule has 0 radical (unpaired) electrons. The van der Waals surface area contributed by atoms with Crippen molar-refractivity contribution in [3.8, 4) is 0 Å². The van der Waals surface area contributed by atoms with E-state index in [0.29, 0.717) is 12.2 Å². The first-order chi connectivity index (χ1) is 9.54. The third-order valence-corrected chi connectivity index (χ3v) is 5.02. The lowest BCUT2D eigenvalue weighted by molar-refractivity contribution is 0.0996. The second-order valence-corrected chi connectivity index (χ2v) is 6.72. The standard InChI is InChI=1S/C14H22N2O3S/c1-3-15-20(17,18)14-9-5-4-7-12(14)16-11(2)13-8-6-10-19-13/h4-5,7,9,11,13,15-16H,3,6,8,10H2,1-2H3. The molecule has 1 aliphatic heterocycles. The summed E-state index contributed by atoms with van der Waals surface area (Å²) in [6, 6.07) is 7.04. The van der Waals surface area contributed by atoms with Gasteiger partial charge in [0.1, 0.15) is 4.90 Å². The van der Waals surface area contributed by atoms with Crippen LogP contribution in [0.5, 0.6) is 0 Å². The van der Waals surface area contributed by atoms with Gasteiger partial charge in [-0.3, -0.25) is 0 Å². The van der Waals surface area contributed by atoms with Crippen LogP contribution in [0.4, 0.5) is 5.69 Å². The van der Waals surface area contributed by atoms with E-state index in [4.69, 9.17) is 4.74 Å². The van der Waals surface area contributed by atoms with Gasteiger partial charge in [0.2, 0.25) is 10.0 Å². The Labute approximate surface area is 120 Å². The summed E-state index contributed by atoms with van der Waals surface area (Å²) in [5, 5.41) is 3.27. The minimum absolute atomic E-state index is 0.0791. The number of anilines is 1. The van der Waals surface area contributed by atoms with Crippen LogP contribution in [-0.2, 0) is 14.8 Å². The molecule has 2 unspecified atom stereocenters. The Morgan fingerprint density at radius 1 is 1.40 bits per heavy atom. The van der Waals surface area contributed by atoms with Crippen molar-refractivity contribution >= 4 is 15.7 Å². The zero-order valence-corrected chi connectivity index (χ0v) is 12.7. The highest BCUT2D eigenvalue weighted by atomic mass is 32.2. The van der Waals surface area contributed by atoms with Crippen molar-refractivity contribution in [2.24, 2.45) is 0 Å². The second-order valence-electron chi connectivity index (χ2n) is 4.98. The Morgan fingerprint density at radius 3 is 2.80 bits per heavy atom. The van der Waals surface area contributed by atoms with Crippen molar-refractivity contribution < 1.29 is 13.2 Å². The summed E-state index contributed by atoms with van der Waals surface area (Å²) in [5.41, 5.74) is 0.622. The average molecular weight is 298 g/mol. The van der Waals surface area contributed by atoms with Gasteiger partial charge < -0.3 is 10.1 Å². The summed E-state index contributed by atoms with van der Waals surface area (Å²) in [4.78, 5) is 0.284. The summed E-state index contributed by atoms with van der Waals surface area (Å²) in [7, 11) is -3.46. The van der Waals surface area contributed by atoms with Gasteiger partial charge in [-0.15, -0.1) is 0 Å². The molecule has 0 saturated carbocycles. The van der Waals surface area contributed by atoms with Crippen LogP contribution < -0.4 is 10.0 Å². The van der Waals surface area contributed by atoms with Crippen molar-refractivity contribution in [3.63, 3.8) is 0 Å². The zero-order valence-electron chi connectivity index (χ0n) is 11.9. The molecule has 1 aromatic carbocycles. The largest absolute Gasteiger partial charge is 0.379 e. The van der Waals surface area contributed by atoms with Gasteiger partial charge in [-0.2, -0.15) is 0 Å². The maximum Gasteiger partial charge on any atom is 0.242 e. The molecule has 1 aliphatic rings. The molecule has 2 atom stereocenters. The minimum Gasteiger partial charge on any atom is -0.379 e. The first-order valence-electron chi connectivity index (χ1n) is 7.01. The SMILES string of the molecule is CCNS(=O)(=O)c1ccccc1NC(C)C1CCCO1. The van der Waals surface area contributed by atoms with E-state index in [1.165, 1.54) is 0 Å². The van der Waals surface area contributed by atoms with Crippen LogP contribution in [0.15, 0.2) is 29.2 Å². The number of hydrogen-bond acceptors (Lipinski definition) is 4. The molecule has 0 spiro atoms. The van der Waals surface area contributed by atoms with E-state index in [1.54, 1.807) is 25.1 Å². The predicted molar refractivity (Wildman–Crippen MR) is 79.4 cm³/mol. The fourth-order valence-corrected chi connectivity index (χ4v) is 3.63. The molecule has 20 heavy (non-hydrogen) atoms. The molecule has 0 amide bonds. The summed E-state index contributed by atoms with van der Waals surface area (Å²) in [6.45, 7) is 4.95. The van der Waals surface area contributed by atoms with E-state index in [2.05, 4.69) is 10.0 Å². The predicted octanol–water partition coefficient (Wildman–Crippen LogP) is 1.96. The molecule has 0 aromatic heterocycles. The van der Waals surface area contributed by atoms with Crippen LogP contribution in [0.2, 0.25) is 0 Å². The van der Waals surface area contributed by atoms with Gasteiger partial charge in [0.25, 0.3) is 0 Å². The number of sulfonamides is 1.